The SMILES string of the molecule is COc1ccc(CN2CCC(N(c3ccc(F)cc3)S(=O)(=O)c3ccc(Cl)cc3)CC2)cc1. The minimum absolute atomic E-state index is 0.164. The van der Waals surface area contributed by atoms with E-state index in [0.29, 0.717) is 23.6 Å². The van der Waals surface area contributed by atoms with Gasteiger partial charge in [0.15, 0.2) is 0 Å². The number of nitrogens with zero attached hydrogens (tertiary/aromatic N) is 2. The molecule has 0 unspecified atom stereocenters. The number of methoxy groups -OCH3 is 1. The van der Waals surface area contributed by atoms with Gasteiger partial charge < -0.3 is 4.74 Å². The molecule has 3 aromatic carbocycles. The van der Waals surface area contributed by atoms with E-state index in [1.807, 2.05) is 24.3 Å². The van der Waals surface area contributed by atoms with Crippen molar-refractivity contribution in [2.24, 2.45) is 0 Å². The molecule has 1 heterocycles. The number of halogens is 2. The Hall–Kier alpha value is -2.61. The highest BCUT2D eigenvalue weighted by Gasteiger charge is 2.34. The number of hydrogen-bond donors (Lipinski definition) is 0. The van der Waals surface area contributed by atoms with Crippen LogP contribution < -0.4 is 9.04 Å². The molecule has 1 fully saturated rings. The molecule has 0 atom stereocenters. The fourth-order valence-corrected chi connectivity index (χ4v) is 5.99. The summed E-state index contributed by atoms with van der Waals surface area (Å²) in [4.78, 5) is 2.48. The molecule has 0 amide bonds. The van der Waals surface area contributed by atoms with Crippen LogP contribution in [0.25, 0.3) is 0 Å². The third-order valence-electron chi connectivity index (χ3n) is 5.91. The van der Waals surface area contributed by atoms with Crippen molar-refractivity contribution in [1.82, 2.24) is 4.90 Å². The van der Waals surface area contributed by atoms with Crippen molar-refractivity contribution in [3.63, 3.8) is 0 Å². The Morgan fingerprint density at radius 3 is 2.15 bits per heavy atom. The summed E-state index contributed by atoms with van der Waals surface area (Å²) in [7, 11) is -2.20. The van der Waals surface area contributed by atoms with Gasteiger partial charge in [-0.15, -0.1) is 0 Å². The van der Waals surface area contributed by atoms with Gasteiger partial charge in [0.05, 0.1) is 17.7 Å². The molecule has 5 nitrogen and oxygen atoms in total. The monoisotopic (exact) mass is 488 g/mol. The summed E-state index contributed by atoms with van der Waals surface area (Å²) in [6, 6.07) is 19.5. The van der Waals surface area contributed by atoms with Crippen molar-refractivity contribution in [3.05, 3.63) is 89.2 Å². The Morgan fingerprint density at radius 2 is 1.58 bits per heavy atom. The van der Waals surface area contributed by atoms with Crippen LogP contribution in [0.2, 0.25) is 5.02 Å². The van der Waals surface area contributed by atoms with E-state index in [0.717, 1.165) is 25.4 Å². The molecule has 1 aliphatic heterocycles. The van der Waals surface area contributed by atoms with Gasteiger partial charge in [-0.05, 0) is 79.1 Å². The maximum absolute atomic E-state index is 13.6. The van der Waals surface area contributed by atoms with E-state index in [1.165, 1.54) is 46.3 Å². The van der Waals surface area contributed by atoms with Crippen LogP contribution in [-0.4, -0.2) is 39.6 Å². The number of sulfonamides is 1. The first-order valence-electron chi connectivity index (χ1n) is 10.8. The van der Waals surface area contributed by atoms with Gasteiger partial charge in [-0.3, -0.25) is 9.21 Å². The molecular formula is C25H26ClFN2O3S. The van der Waals surface area contributed by atoms with Gasteiger partial charge in [0.2, 0.25) is 0 Å². The molecule has 1 saturated heterocycles. The smallest absolute Gasteiger partial charge is 0.264 e. The van der Waals surface area contributed by atoms with Crippen LogP contribution in [0, 0.1) is 5.82 Å². The van der Waals surface area contributed by atoms with Gasteiger partial charge in [-0.25, -0.2) is 12.8 Å². The molecule has 8 heteroatoms. The Balaban J connectivity index is 1.54. The van der Waals surface area contributed by atoms with Crippen LogP contribution >= 0.6 is 11.6 Å². The van der Waals surface area contributed by atoms with Crippen LogP contribution in [0.5, 0.6) is 5.75 Å². The molecule has 174 valence electrons. The lowest BCUT2D eigenvalue weighted by atomic mass is 10.0. The van der Waals surface area contributed by atoms with Crippen molar-refractivity contribution in [2.75, 3.05) is 24.5 Å². The van der Waals surface area contributed by atoms with E-state index in [1.54, 1.807) is 19.2 Å². The van der Waals surface area contributed by atoms with E-state index in [9.17, 15) is 12.8 Å². The van der Waals surface area contributed by atoms with Crippen LogP contribution in [0.1, 0.15) is 18.4 Å². The van der Waals surface area contributed by atoms with Crippen LogP contribution in [0.4, 0.5) is 10.1 Å². The lowest BCUT2D eigenvalue weighted by Crippen LogP contribution is -2.47. The number of anilines is 1. The van der Waals surface area contributed by atoms with Crippen LogP contribution in [0.15, 0.2) is 77.7 Å². The van der Waals surface area contributed by atoms with Gasteiger partial charge in [-0.2, -0.15) is 0 Å². The quantitative estimate of drug-likeness (QED) is 0.450. The second-order valence-corrected chi connectivity index (χ2v) is 10.3. The zero-order valence-corrected chi connectivity index (χ0v) is 19.9. The third-order valence-corrected chi connectivity index (χ3v) is 8.05. The maximum atomic E-state index is 13.6. The maximum Gasteiger partial charge on any atom is 0.264 e. The Bertz CT molecular complexity index is 1160. The van der Waals surface area contributed by atoms with E-state index in [-0.39, 0.29) is 10.9 Å². The largest absolute Gasteiger partial charge is 0.497 e. The molecule has 0 spiro atoms. The van der Waals surface area contributed by atoms with Gasteiger partial charge in [0.25, 0.3) is 10.0 Å². The Morgan fingerprint density at radius 1 is 0.970 bits per heavy atom. The molecule has 0 aromatic heterocycles. The Kier molecular flexibility index (Phi) is 7.22. The molecule has 0 N–H and O–H groups in total. The fraction of sp³-hybridized carbons (Fsp3) is 0.280. The van der Waals surface area contributed by atoms with Gasteiger partial charge in [0.1, 0.15) is 11.6 Å². The average Bonchev–Trinajstić information content (AvgIpc) is 2.82. The second-order valence-electron chi connectivity index (χ2n) is 8.09. The summed E-state index contributed by atoms with van der Waals surface area (Å²) >= 11 is 5.96. The molecule has 0 bridgehead atoms. The molecule has 1 aliphatic rings. The van der Waals surface area contributed by atoms with Crippen molar-refractivity contribution in [1.29, 1.82) is 0 Å². The Labute approximate surface area is 199 Å². The number of ether oxygens (including phenoxy) is 1. The molecule has 0 radical (unpaired) electrons. The van der Waals surface area contributed by atoms with E-state index >= 15 is 0 Å². The van der Waals surface area contributed by atoms with Gasteiger partial charge in [-0.1, -0.05) is 23.7 Å². The summed E-state index contributed by atoms with van der Waals surface area (Å²) in [5, 5.41) is 0.467. The van der Waals surface area contributed by atoms with E-state index in [4.69, 9.17) is 16.3 Å². The molecule has 33 heavy (non-hydrogen) atoms. The summed E-state index contributed by atoms with van der Waals surface area (Å²) in [5.41, 5.74) is 1.64. The zero-order valence-electron chi connectivity index (χ0n) is 18.3. The molecule has 0 saturated carbocycles. The summed E-state index contributed by atoms with van der Waals surface area (Å²) in [6.07, 6.45) is 1.33. The standard InChI is InChI=1S/C25H26ClFN2O3S/c1-32-24-10-2-19(3-11-24)18-28-16-14-23(15-17-28)29(22-8-6-21(27)7-9-22)33(30,31)25-12-4-20(26)5-13-25/h2-13,23H,14-18H2,1H3. The highest BCUT2D eigenvalue weighted by molar-refractivity contribution is 7.92. The zero-order chi connectivity index (χ0) is 23.4. The summed E-state index contributed by atoms with van der Waals surface area (Å²) in [5.74, 6) is 0.414. The van der Waals surface area contributed by atoms with E-state index < -0.39 is 15.8 Å². The van der Waals surface area contributed by atoms with Gasteiger partial charge >= 0.3 is 0 Å². The highest BCUT2D eigenvalue weighted by atomic mass is 35.5. The first kappa shape index (κ1) is 23.5. The molecule has 3 aromatic rings. The van der Waals surface area contributed by atoms with Crippen molar-refractivity contribution in [2.45, 2.75) is 30.3 Å². The van der Waals surface area contributed by atoms with E-state index in [2.05, 4.69) is 4.90 Å². The van der Waals surface area contributed by atoms with Gasteiger partial charge in [0, 0.05) is 30.7 Å². The lowest BCUT2D eigenvalue weighted by molar-refractivity contribution is 0.206. The number of rotatable bonds is 7. The third kappa shape index (κ3) is 5.49. The van der Waals surface area contributed by atoms with Crippen LogP contribution in [-0.2, 0) is 16.6 Å². The van der Waals surface area contributed by atoms with Crippen molar-refractivity contribution >= 4 is 27.3 Å². The minimum Gasteiger partial charge on any atom is -0.497 e. The molecular weight excluding hydrogens is 463 g/mol. The first-order chi connectivity index (χ1) is 15.9. The first-order valence-corrected chi connectivity index (χ1v) is 12.6. The second kappa shape index (κ2) is 10.1. The summed E-state index contributed by atoms with van der Waals surface area (Å²) in [6.45, 7) is 2.30. The molecule has 4 rings (SSSR count). The van der Waals surface area contributed by atoms with Crippen LogP contribution in [0.3, 0.4) is 0 Å². The lowest BCUT2D eigenvalue weighted by Gasteiger charge is -2.39. The number of piperidine rings is 1. The highest BCUT2D eigenvalue weighted by Crippen LogP contribution is 2.31. The van der Waals surface area contributed by atoms with Crippen molar-refractivity contribution < 1.29 is 17.5 Å². The topological polar surface area (TPSA) is 49.9 Å². The average molecular weight is 489 g/mol. The predicted molar refractivity (Wildman–Crippen MR) is 129 cm³/mol. The number of benzene rings is 3. The predicted octanol–water partition coefficient (Wildman–Crippen LogP) is 5.35. The number of hydrogen-bond acceptors (Lipinski definition) is 4. The normalized spacial score (nSPS) is 15.4. The fourth-order valence-electron chi connectivity index (χ4n) is 4.16. The molecule has 0 aliphatic carbocycles. The summed E-state index contributed by atoms with van der Waals surface area (Å²) < 4.78 is 47.5. The minimum atomic E-state index is -3.85. The van der Waals surface area contributed by atoms with Crippen molar-refractivity contribution in [3.8, 4) is 5.75 Å². The number of likely N-dealkylation sites (tertiary alicyclic amines) is 1.